The van der Waals surface area contributed by atoms with E-state index in [9.17, 15) is 0 Å². The van der Waals surface area contributed by atoms with Gasteiger partial charge < -0.3 is 0 Å². The molecule has 0 aliphatic rings. The van der Waals surface area contributed by atoms with E-state index in [4.69, 9.17) is 0 Å². The molecular weight excluding hydrogens is 422 g/mol. The maximum Gasteiger partial charge on any atom is 0.0110 e. The van der Waals surface area contributed by atoms with Crippen molar-refractivity contribution in [2.45, 2.75) is 81.5 Å². The van der Waals surface area contributed by atoms with Gasteiger partial charge in [0.25, 0.3) is 0 Å². The zero-order chi connectivity index (χ0) is 12.1. The van der Waals surface area contributed by atoms with E-state index >= 15 is 0 Å². The Bertz CT molecular complexity index is 126. The van der Waals surface area contributed by atoms with Crippen molar-refractivity contribution >= 4 is 45.2 Å². The third kappa shape index (κ3) is 13.5. The zero-order valence-electron chi connectivity index (χ0n) is 10.8. The zero-order valence-corrected chi connectivity index (χ0v) is 15.1. The summed E-state index contributed by atoms with van der Waals surface area (Å²) in [6.07, 6.45) is 15.9. The lowest BCUT2D eigenvalue weighted by Crippen LogP contribution is -1.97. The molecular formula is C14H28I2. The molecule has 0 bridgehead atoms. The molecule has 0 N–H and O–H groups in total. The molecule has 0 spiro atoms. The molecule has 0 aliphatic carbocycles. The SMILES string of the molecule is CCCCCCCC[C@@H](I)CCCCCI. The van der Waals surface area contributed by atoms with Gasteiger partial charge in [-0.2, -0.15) is 0 Å². The van der Waals surface area contributed by atoms with Crippen molar-refractivity contribution in [1.29, 1.82) is 0 Å². The Hall–Kier alpha value is 1.46. The Morgan fingerprint density at radius 3 is 1.81 bits per heavy atom. The van der Waals surface area contributed by atoms with E-state index in [0.29, 0.717) is 0 Å². The number of unbranched alkanes of at least 4 members (excludes halogenated alkanes) is 7. The molecule has 0 saturated heterocycles. The van der Waals surface area contributed by atoms with Crippen molar-refractivity contribution in [3.8, 4) is 0 Å². The maximum absolute atomic E-state index is 2.66. The van der Waals surface area contributed by atoms with E-state index < -0.39 is 0 Å². The molecule has 0 saturated carbocycles. The quantitative estimate of drug-likeness (QED) is 0.180. The Balaban J connectivity index is 3.08. The highest BCUT2D eigenvalue weighted by molar-refractivity contribution is 14.1. The summed E-state index contributed by atoms with van der Waals surface area (Å²) in [4.78, 5) is 0. The summed E-state index contributed by atoms with van der Waals surface area (Å²) in [5.74, 6) is 0. The number of hydrogen-bond donors (Lipinski definition) is 0. The van der Waals surface area contributed by atoms with Crippen LogP contribution in [0.5, 0.6) is 0 Å². The Morgan fingerprint density at radius 1 is 0.750 bits per heavy atom. The van der Waals surface area contributed by atoms with Crippen LogP contribution in [0.2, 0.25) is 0 Å². The summed E-state index contributed by atoms with van der Waals surface area (Å²) in [5.41, 5.74) is 0. The van der Waals surface area contributed by atoms with Gasteiger partial charge in [-0.1, -0.05) is 103 Å². The minimum atomic E-state index is 0.943. The van der Waals surface area contributed by atoms with E-state index in [1.807, 2.05) is 0 Å². The molecule has 0 fully saturated rings. The molecule has 0 rings (SSSR count). The van der Waals surface area contributed by atoms with Crippen LogP contribution in [-0.4, -0.2) is 8.35 Å². The van der Waals surface area contributed by atoms with Crippen molar-refractivity contribution in [1.82, 2.24) is 0 Å². The second kappa shape index (κ2) is 14.5. The van der Waals surface area contributed by atoms with Crippen molar-refractivity contribution < 1.29 is 0 Å². The lowest BCUT2D eigenvalue weighted by molar-refractivity contribution is 0.564. The van der Waals surface area contributed by atoms with E-state index in [1.165, 1.54) is 75.1 Å². The van der Waals surface area contributed by atoms with Crippen LogP contribution < -0.4 is 0 Å². The average Bonchev–Trinajstić information content (AvgIpc) is 2.29. The van der Waals surface area contributed by atoms with E-state index in [-0.39, 0.29) is 0 Å². The van der Waals surface area contributed by atoms with Crippen LogP contribution in [0.25, 0.3) is 0 Å². The van der Waals surface area contributed by atoms with E-state index in [1.54, 1.807) is 0 Å². The smallest absolute Gasteiger partial charge is 0.0110 e. The minimum Gasteiger partial charge on any atom is -0.0864 e. The molecule has 1 atom stereocenters. The van der Waals surface area contributed by atoms with E-state index in [2.05, 4.69) is 52.1 Å². The molecule has 0 aromatic carbocycles. The van der Waals surface area contributed by atoms with Crippen LogP contribution in [0.4, 0.5) is 0 Å². The molecule has 0 nitrogen and oxygen atoms in total. The first kappa shape index (κ1) is 17.5. The normalized spacial score (nSPS) is 12.9. The lowest BCUT2D eigenvalue weighted by Gasteiger charge is -2.09. The Morgan fingerprint density at radius 2 is 1.25 bits per heavy atom. The summed E-state index contributed by atoms with van der Waals surface area (Å²) < 4.78 is 2.28. The van der Waals surface area contributed by atoms with Crippen molar-refractivity contribution in [2.75, 3.05) is 4.43 Å². The molecule has 98 valence electrons. The van der Waals surface area contributed by atoms with Crippen LogP contribution in [0.1, 0.15) is 77.6 Å². The highest BCUT2D eigenvalue weighted by atomic mass is 127. The molecule has 0 radical (unpaired) electrons. The minimum absolute atomic E-state index is 0.943. The van der Waals surface area contributed by atoms with Crippen molar-refractivity contribution in [2.24, 2.45) is 0 Å². The summed E-state index contributed by atoms with van der Waals surface area (Å²) in [6.45, 7) is 2.29. The van der Waals surface area contributed by atoms with Crippen LogP contribution in [-0.2, 0) is 0 Å². The van der Waals surface area contributed by atoms with Crippen molar-refractivity contribution in [3.63, 3.8) is 0 Å². The largest absolute Gasteiger partial charge is 0.0864 e. The fourth-order valence-electron chi connectivity index (χ4n) is 1.93. The van der Waals surface area contributed by atoms with Gasteiger partial charge in [-0.3, -0.25) is 0 Å². The van der Waals surface area contributed by atoms with Gasteiger partial charge in [-0.15, -0.1) is 0 Å². The molecule has 0 aliphatic heterocycles. The predicted molar refractivity (Wildman–Crippen MR) is 93.2 cm³/mol. The van der Waals surface area contributed by atoms with Crippen LogP contribution in [0.3, 0.4) is 0 Å². The molecule has 0 amide bonds. The number of halogens is 2. The Labute approximate surface area is 130 Å². The summed E-state index contributed by atoms with van der Waals surface area (Å²) in [5, 5.41) is 0. The summed E-state index contributed by atoms with van der Waals surface area (Å²) >= 11 is 5.14. The first-order chi connectivity index (χ1) is 7.81. The standard InChI is InChI=1S/C14H28I2/c1-2-3-4-5-6-8-11-14(16)12-9-7-10-13-15/h14H,2-13H2,1H3/t14-/m1/s1. The van der Waals surface area contributed by atoms with Crippen LogP contribution in [0, 0.1) is 0 Å². The molecule has 0 unspecified atom stereocenters. The molecule has 2 heteroatoms. The lowest BCUT2D eigenvalue weighted by atomic mass is 10.1. The van der Waals surface area contributed by atoms with Gasteiger partial charge in [-0.25, -0.2) is 0 Å². The number of alkyl halides is 2. The third-order valence-electron chi connectivity index (χ3n) is 3.02. The predicted octanol–water partition coefficient (Wildman–Crippen LogP) is 6.54. The van der Waals surface area contributed by atoms with Gasteiger partial charge in [0.1, 0.15) is 0 Å². The highest BCUT2D eigenvalue weighted by Gasteiger charge is 2.03. The summed E-state index contributed by atoms with van der Waals surface area (Å²) in [6, 6.07) is 0. The summed E-state index contributed by atoms with van der Waals surface area (Å²) in [7, 11) is 0. The Kier molecular flexibility index (Phi) is 15.8. The van der Waals surface area contributed by atoms with Crippen LogP contribution >= 0.6 is 45.2 Å². The van der Waals surface area contributed by atoms with Crippen molar-refractivity contribution in [3.05, 3.63) is 0 Å². The fourth-order valence-corrected chi connectivity index (χ4v) is 3.35. The second-order valence-corrected chi connectivity index (χ2v) is 7.53. The number of rotatable bonds is 12. The van der Waals surface area contributed by atoms with Gasteiger partial charge in [0.05, 0.1) is 0 Å². The van der Waals surface area contributed by atoms with Gasteiger partial charge in [-0.05, 0) is 23.7 Å². The van der Waals surface area contributed by atoms with E-state index in [0.717, 1.165) is 3.92 Å². The van der Waals surface area contributed by atoms with Gasteiger partial charge >= 0.3 is 0 Å². The fraction of sp³-hybridized carbons (Fsp3) is 1.00. The first-order valence-electron chi connectivity index (χ1n) is 7.01. The topological polar surface area (TPSA) is 0 Å². The van der Waals surface area contributed by atoms with Gasteiger partial charge in [0.15, 0.2) is 0 Å². The molecule has 0 heterocycles. The van der Waals surface area contributed by atoms with Gasteiger partial charge in [0.2, 0.25) is 0 Å². The molecule has 0 aromatic heterocycles. The third-order valence-corrected chi connectivity index (χ3v) is 5.03. The molecule has 16 heavy (non-hydrogen) atoms. The maximum atomic E-state index is 2.66. The second-order valence-electron chi connectivity index (χ2n) is 4.69. The van der Waals surface area contributed by atoms with Crippen LogP contribution in [0.15, 0.2) is 0 Å². The molecule has 0 aromatic rings. The average molecular weight is 450 g/mol. The monoisotopic (exact) mass is 450 g/mol. The number of hydrogen-bond acceptors (Lipinski definition) is 0. The highest BCUT2D eigenvalue weighted by Crippen LogP contribution is 2.19. The van der Waals surface area contributed by atoms with Gasteiger partial charge in [0, 0.05) is 3.92 Å². The first-order valence-corrected chi connectivity index (χ1v) is 9.78.